The van der Waals surface area contributed by atoms with Crippen LogP contribution in [0.15, 0.2) is 35.2 Å². The third-order valence-electron chi connectivity index (χ3n) is 3.70. The normalized spacial score (nSPS) is 21.9. The summed E-state index contributed by atoms with van der Waals surface area (Å²) in [6, 6.07) is 6.20. The molecule has 1 aromatic heterocycles. The zero-order chi connectivity index (χ0) is 15.5. The molecule has 1 aliphatic rings. The molecule has 0 aliphatic carbocycles. The number of benzene rings is 1. The Morgan fingerprint density at radius 1 is 1.45 bits per heavy atom. The number of rotatable bonds is 4. The van der Waals surface area contributed by atoms with Crippen molar-refractivity contribution in [3.05, 3.63) is 52.2 Å². The van der Waals surface area contributed by atoms with Crippen molar-refractivity contribution in [2.24, 2.45) is 0 Å². The largest absolute Gasteiger partial charge is 0.390 e. The van der Waals surface area contributed by atoms with Gasteiger partial charge in [0.25, 0.3) is 5.91 Å². The number of halogens is 1. The number of likely N-dealkylation sites (tertiary alicyclic amines) is 1. The molecule has 22 heavy (non-hydrogen) atoms. The molecule has 0 bridgehead atoms. The Kier molecular flexibility index (Phi) is 4.47. The van der Waals surface area contributed by atoms with Gasteiger partial charge in [-0.1, -0.05) is 18.2 Å². The SMILES string of the molecule is O=C(N[C@@H]1CN(Cc2ccccc2F)C[C@H]1O)c1cscn1. The fraction of sp³-hybridized carbons (Fsp3) is 0.333. The summed E-state index contributed by atoms with van der Waals surface area (Å²) in [5.41, 5.74) is 2.52. The molecule has 5 nitrogen and oxygen atoms in total. The summed E-state index contributed by atoms with van der Waals surface area (Å²) in [7, 11) is 0. The second-order valence-electron chi connectivity index (χ2n) is 5.31. The minimum absolute atomic E-state index is 0.257. The first kappa shape index (κ1) is 15.1. The zero-order valence-electron chi connectivity index (χ0n) is 11.8. The number of carbonyl (C=O) groups excluding carboxylic acids is 1. The number of nitrogens with one attached hydrogen (secondary N) is 1. The number of aliphatic hydroxyl groups is 1. The van der Waals surface area contributed by atoms with Crippen LogP contribution in [0.5, 0.6) is 0 Å². The van der Waals surface area contributed by atoms with Crippen LogP contribution in [0.1, 0.15) is 16.1 Å². The van der Waals surface area contributed by atoms with E-state index >= 15 is 0 Å². The van der Waals surface area contributed by atoms with Crippen LogP contribution >= 0.6 is 11.3 Å². The van der Waals surface area contributed by atoms with Crippen molar-refractivity contribution in [1.82, 2.24) is 15.2 Å². The molecule has 1 aromatic carbocycles. The van der Waals surface area contributed by atoms with E-state index in [1.54, 1.807) is 29.1 Å². The van der Waals surface area contributed by atoms with Crippen LogP contribution in [0.4, 0.5) is 4.39 Å². The molecule has 7 heteroatoms. The molecule has 1 fully saturated rings. The molecular formula is C15H16FN3O2S. The first-order chi connectivity index (χ1) is 10.6. The number of nitrogens with zero attached hydrogens (tertiary/aromatic N) is 2. The minimum Gasteiger partial charge on any atom is -0.390 e. The van der Waals surface area contributed by atoms with E-state index in [0.717, 1.165) is 0 Å². The van der Waals surface area contributed by atoms with E-state index in [1.165, 1.54) is 17.4 Å². The highest BCUT2D eigenvalue weighted by atomic mass is 32.1. The van der Waals surface area contributed by atoms with Crippen molar-refractivity contribution in [3.8, 4) is 0 Å². The van der Waals surface area contributed by atoms with Gasteiger partial charge in [0, 0.05) is 30.6 Å². The van der Waals surface area contributed by atoms with Gasteiger partial charge in [-0.2, -0.15) is 0 Å². The number of aromatic nitrogens is 1. The molecule has 0 saturated carbocycles. The van der Waals surface area contributed by atoms with Gasteiger partial charge < -0.3 is 10.4 Å². The van der Waals surface area contributed by atoms with Crippen molar-refractivity contribution < 1.29 is 14.3 Å². The maximum absolute atomic E-state index is 13.7. The van der Waals surface area contributed by atoms with Crippen molar-refractivity contribution in [2.75, 3.05) is 13.1 Å². The predicted molar refractivity (Wildman–Crippen MR) is 81.1 cm³/mol. The molecule has 2 N–H and O–H groups in total. The fourth-order valence-corrected chi connectivity index (χ4v) is 3.10. The van der Waals surface area contributed by atoms with Crippen LogP contribution in [0.3, 0.4) is 0 Å². The number of β-amino-alcohol motifs (C(OH)–C–C–N with tert-alkyl or cyclic N) is 1. The summed E-state index contributed by atoms with van der Waals surface area (Å²) in [6.45, 7) is 1.29. The molecule has 2 heterocycles. The highest BCUT2D eigenvalue weighted by molar-refractivity contribution is 7.07. The Hall–Kier alpha value is -1.83. The van der Waals surface area contributed by atoms with Gasteiger partial charge in [0.1, 0.15) is 11.5 Å². The Labute approximate surface area is 131 Å². The highest BCUT2D eigenvalue weighted by Gasteiger charge is 2.33. The van der Waals surface area contributed by atoms with E-state index < -0.39 is 6.10 Å². The maximum atomic E-state index is 13.7. The third kappa shape index (κ3) is 3.32. The average Bonchev–Trinajstić information content (AvgIpc) is 3.12. The fourth-order valence-electron chi connectivity index (χ4n) is 2.57. The summed E-state index contributed by atoms with van der Waals surface area (Å²) in [5.74, 6) is -0.551. The van der Waals surface area contributed by atoms with E-state index in [9.17, 15) is 14.3 Å². The minimum atomic E-state index is -0.672. The summed E-state index contributed by atoms with van der Waals surface area (Å²) in [4.78, 5) is 17.8. The molecule has 0 radical (unpaired) electrons. The zero-order valence-corrected chi connectivity index (χ0v) is 12.6. The quantitative estimate of drug-likeness (QED) is 0.890. The lowest BCUT2D eigenvalue weighted by Crippen LogP contribution is -2.42. The summed E-state index contributed by atoms with van der Waals surface area (Å²) in [6.07, 6.45) is -0.672. The van der Waals surface area contributed by atoms with Crippen molar-refractivity contribution >= 4 is 17.2 Å². The van der Waals surface area contributed by atoms with E-state index in [1.807, 2.05) is 4.90 Å². The summed E-state index contributed by atoms with van der Waals surface area (Å²) >= 11 is 1.34. The number of hydrogen-bond acceptors (Lipinski definition) is 5. The van der Waals surface area contributed by atoms with Gasteiger partial charge in [-0.3, -0.25) is 9.69 Å². The molecule has 1 amide bonds. The smallest absolute Gasteiger partial charge is 0.271 e. The van der Waals surface area contributed by atoms with Crippen molar-refractivity contribution in [2.45, 2.75) is 18.7 Å². The van der Waals surface area contributed by atoms with E-state index in [-0.39, 0.29) is 17.8 Å². The number of carbonyl (C=O) groups is 1. The molecular weight excluding hydrogens is 305 g/mol. The first-order valence-electron chi connectivity index (χ1n) is 6.96. The van der Waals surface area contributed by atoms with E-state index in [2.05, 4.69) is 10.3 Å². The van der Waals surface area contributed by atoms with Crippen LogP contribution in [0, 0.1) is 5.82 Å². The monoisotopic (exact) mass is 321 g/mol. The number of thiazole rings is 1. The van der Waals surface area contributed by atoms with E-state index in [4.69, 9.17) is 0 Å². The first-order valence-corrected chi connectivity index (χ1v) is 7.90. The maximum Gasteiger partial charge on any atom is 0.271 e. The lowest BCUT2D eigenvalue weighted by Gasteiger charge is -2.16. The van der Waals surface area contributed by atoms with E-state index in [0.29, 0.717) is 30.9 Å². The van der Waals surface area contributed by atoms with Crippen LogP contribution in [-0.2, 0) is 6.54 Å². The number of aliphatic hydroxyl groups excluding tert-OH is 1. The molecule has 1 saturated heterocycles. The van der Waals surface area contributed by atoms with Gasteiger partial charge in [0.15, 0.2) is 0 Å². The Morgan fingerprint density at radius 3 is 3.00 bits per heavy atom. The van der Waals surface area contributed by atoms with Crippen LogP contribution in [-0.4, -0.2) is 46.1 Å². The van der Waals surface area contributed by atoms with Gasteiger partial charge in [0.05, 0.1) is 17.7 Å². The standard InChI is InChI=1S/C15H16FN3O2S/c16-11-4-2-1-3-10(11)5-19-6-12(14(20)7-19)18-15(21)13-8-22-9-17-13/h1-4,8-9,12,14,20H,5-7H2,(H,18,21)/t12-,14-/m1/s1. The molecule has 1 aliphatic heterocycles. The van der Waals surface area contributed by atoms with Gasteiger partial charge in [-0.25, -0.2) is 9.37 Å². The molecule has 2 atom stereocenters. The van der Waals surface area contributed by atoms with Gasteiger partial charge >= 0.3 is 0 Å². The average molecular weight is 321 g/mol. The molecule has 0 unspecified atom stereocenters. The van der Waals surface area contributed by atoms with Gasteiger partial charge in [-0.15, -0.1) is 11.3 Å². The van der Waals surface area contributed by atoms with Crippen LogP contribution < -0.4 is 5.32 Å². The lowest BCUT2D eigenvalue weighted by molar-refractivity contribution is 0.0884. The topological polar surface area (TPSA) is 65.5 Å². The number of amides is 1. The van der Waals surface area contributed by atoms with Gasteiger partial charge in [0.2, 0.25) is 0 Å². The summed E-state index contributed by atoms with van der Waals surface area (Å²) in [5, 5.41) is 14.5. The summed E-state index contributed by atoms with van der Waals surface area (Å²) < 4.78 is 13.7. The number of hydrogen-bond donors (Lipinski definition) is 2. The third-order valence-corrected chi connectivity index (χ3v) is 4.28. The molecule has 116 valence electrons. The van der Waals surface area contributed by atoms with Crippen LogP contribution in [0.25, 0.3) is 0 Å². The van der Waals surface area contributed by atoms with Crippen LogP contribution in [0.2, 0.25) is 0 Å². The molecule has 0 spiro atoms. The van der Waals surface area contributed by atoms with Gasteiger partial charge in [-0.05, 0) is 6.07 Å². The second-order valence-corrected chi connectivity index (χ2v) is 6.03. The second kappa shape index (κ2) is 6.51. The van der Waals surface area contributed by atoms with Crippen molar-refractivity contribution in [3.63, 3.8) is 0 Å². The Morgan fingerprint density at radius 2 is 2.27 bits per heavy atom. The molecule has 3 rings (SSSR count). The predicted octanol–water partition coefficient (Wildman–Crippen LogP) is 1.26. The Bertz CT molecular complexity index is 650. The Balaban J connectivity index is 1.60. The lowest BCUT2D eigenvalue weighted by atomic mass is 10.2. The highest BCUT2D eigenvalue weighted by Crippen LogP contribution is 2.16. The van der Waals surface area contributed by atoms with Crippen molar-refractivity contribution in [1.29, 1.82) is 0 Å². The molecule has 2 aromatic rings.